The van der Waals surface area contributed by atoms with E-state index >= 15 is 0 Å². The van der Waals surface area contributed by atoms with Crippen LogP contribution in [0.2, 0.25) is 0 Å². The molecule has 19 heavy (non-hydrogen) atoms. The van der Waals surface area contributed by atoms with Crippen molar-refractivity contribution in [2.45, 2.75) is 13.3 Å². The van der Waals surface area contributed by atoms with Gasteiger partial charge in [0.05, 0.1) is 7.11 Å². The molecule has 2 aromatic rings. The minimum Gasteiger partial charge on any atom is -0.480 e. The number of methoxy groups -OCH3 is 1. The second-order valence-corrected chi connectivity index (χ2v) is 4.96. The molecule has 0 amide bonds. The summed E-state index contributed by atoms with van der Waals surface area (Å²) in [6, 6.07) is 7.90. The molecule has 0 radical (unpaired) electrons. The maximum atomic E-state index is 11.8. The number of carbonyl (C=O) groups excluding carboxylic acids is 1. The van der Waals surface area contributed by atoms with Gasteiger partial charge >= 0.3 is 0 Å². The van der Waals surface area contributed by atoms with Crippen LogP contribution >= 0.6 is 11.3 Å². The van der Waals surface area contributed by atoms with E-state index in [9.17, 15) is 4.79 Å². The molecule has 0 saturated carbocycles. The maximum Gasteiger partial charge on any atom is 0.236 e. The highest BCUT2D eigenvalue weighted by molar-refractivity contribution is 7.17. The van der Waals surface area contributed by atoms with Crippen LogP contribution in [0.3, 0.4) is 0 Å². The maximum absolute atomic E-state index is 11.8. The number of Topliss-reactive ketones (excluding diaryl/α,β-unsaturated/α-hetero) is 1. The summed E-state index contributed by atoms with van der Waals surface area (Å²) in [5.74, 6) is 0.479. The number of thiazole rings is 1. The number of nitrogens with one attached hydrogen (secondary N) is 1. The van der Waals surface area contributed by atoms with Crippen LogP contribution in [0.15, 0.2) is 24.3 Å². The Morgan fingerprint density at radius 1 is 1.47 bits per heavy atom. The lowest BCUT2D eigenvalue weighted by atomic mass is 10.2. The smallest absolute Gasteiger partial charge is 0.236 e. The number of anilines is 1. The van der Waals surface area contributed by atoms with E-state index in [1.54, 1.807) is 0 Å². The van der Waals surface area contributed by atoms with Crippen LogP contribution in [0.25, 0.3) is 10.6 Å². The van der Waals surface area contributed by atoms with Gasteiger partial charge in [-0.2, -0.15) is 0 Å². The van der Waals surface area contributed by atoms with Gasteiger partial charge in [-0.1, -0.05) is 19.1 Å². The summed E-state index contributed by atoms with van der Waals surface area (Å²) < 4.78 is 5.19. The number of nitrogens with zero attached hydrogens (tertiary/aromatic N) is 1. The van der Waals surface area contributed by atoms with Gasteiger partial charge in [0.15, 0.2) is 5.78 Å². The zero-order valence-corrected chi connectivity index (χ0v) is 12.0. The highest BCUT2D eigenvalue weighted by Gasteiger charge is 2.18. The summed E-state index contributed by atoms with van der Waals surface area (Å²) in [4.78, 5) is 16.8. The highest BCUT2D eigenvalue weighted by Crippen LogP contribution is 2.34. The summed E-state index contributed by atoms with van der Waals surface area (Å²) >= 11 is 1.38. The molecular formula is C14H16N2O2S. The Hall–Kier alpha value is -1.88. The van der Waals surface area contributed by atoms with E-state index < -0.39 is 0 Å². The van der Waals surface area contributed by atoms with Crippen molar-refractivity contribution >= 4 is 22.8 Å². The van der Waals surface area contributed by atoms with Gasteiger partial charge in [-0.25, -0.2) is 4.98 Å². The summed E-state index contributed by atoms with van der Waals surface area (Å²) in [5, 5.41) is 3.88. The number of aromatic nitrogens is 1. The zero-order chi connectivity index (χ0) is 13.8. The number of carbonyl (C=O) groups is 1. The van der Waals surface area contributed by atoms with Crippen molar-refractivity contribution in [3.63, 3.8) is 0 Å². The van der Waals surface area contributed by atoms with Gasteiger partial charge in [-0.15, -0.1) is 11.3 Å². The first-order valence-electron chi connectivity index (χ1n) is 6.05. The second kappa shape index (κ2) is 5.84. The minimum atomic E-state index is 0.0605. The molecule has 0 fully saturated rings. The Kier molecular flexibility index (Phi) is 4.16. The van der Waals surface area contributed by atoms with Crippen molar-refractivity contribution in [1.82, 2.24) is 4.98 Å². The topological polar surface area (TPSA) is 51.2 Å². The molecule has 0 saturated heterocycles. The molecule has 0 bridgehead atoms. The van der Waals surface area contributed by atoms with E-state index in [0.29, 0.717) is 17.2 Å². The molecule has 1 aromatic heterocycles. The Morgan fingerprint density at radius 2 is 2.26 bits per heavy atom. The van der Waals surface area contributed by atoms with Crippen molar-refractivity contribution in [2.75, 3.05) is 19.5 Å². The first-order valence-corrected chi connectivity index (χ1v) is 6.87. The Bertz CT molecular complexity index is 593. The predicted octanol–water partition coefficient (Wildman–Crippen LogP) is 3.45. The fraction of sp³-hybridized carbons (Fsp3) is 0.286. The molecule has 1 heterocycles. The summed E-state index contributed by atoms with van der Waals surface area (Å²) in [5.41, 5.74) is 1.99. The third-order valence-electron chi connectivity index (χ3n) is 2.76. The van der Waals surface area contributed by atoms with Crippen LogP contribution in [-0.4, -0.2) is 24.9 Å². The summed E-state index contributed by atoms with van der Waals surface area (Å²) in [6.07, 6.45) is 0.453. The Labute approximate surface area is 116 Å². The van der Waals surface area contributed by atoms with E-state index in [1.807, 2.05) is 38.2 Å². The molecule has 0 aliphatic heterocycles. The molecule has 0 aliphatic rings. The average molecular weight is 276 g/mol. The van der Waals surface area contributed by atoms with Gasteiger partial charge in [-0.05, 0) is 12.1 Å². The van der Waals surface area contributed by atoms with Crippen molar-refractivity contribution < 1.29 is 9.53 Å². The average Bonchev–Trinajstić information content (AvgIpc) is 2.90. The normalized spacial score (nSPS) is 10.3. The largest absolute Gasteiger partial charge is 0.480 e. The van der Waals surface area contributed by atoms with Crippen LogP contribution in [0.1, 0.15) is 23.0 Å². The van der Waals surface area contributed by atoms with E-state index in [-0.39, 0.29) is 5.78 Å². The molecular weight excluding hydrogens is 260 g/mol. The van der Waals surface area contributed by atoms with Crippen LogP contribution in [0, 0.1) is 0 Å². The first-order chi connectivity index (χ1) is 9.19. The van der Waals surface area contributed by atoms with E-state index in [2.05, 4.69) is 10.3 Å². The third kappa shape index (κ3) is 2.76. The predicted molar refractivity (Wildman–Crippen MR) is 78.3 cm³/mol. The molecule has 5 heteroatoms. The standard InChI is InChI=1S/C14H16N2O2S/c1-4-11(17)12-13(18-3)16-14(19-12)9-6-5-7-10(8-9)15-2/h5-8,15H,4H2,1-3H3. The number of ketones is 1. The van der Waals surface area contributed by atoms with Crippen molar-refractivity contribution in [2.24, 2.45) is 0 Å². The summed E-state index contributed by atoms with van der Waals surface area (Å²) in [6.45, 7) is 1.84. The van der Waals surface area contributed by atoms with E-state index in [4.69, 9.17) is 4.74 Å². The number of rotatable bonds is 5. The lowest BCUT2D eigenvalue weighted by Gasteiger charge is -2.01. The lowest BCUT2D eigenvalue weighted by molar-refractivity contribution is 0.0989. The number of hydrogen-bond donors (Lipinski definition) is 1. The van der Waals surface area contributed by atoms with Crippen molar-refractivity contribution in [3.05, 3.63) is 29.1 Å². The number of benzene rings is 1. The van der Waals surface area contributed by atoms with Gasteiger partial charge in [0, 0.05) is 24.7 Å². The number of ether oxygens (including phenoxy) is 1. The van der Waals surface area contributed by atoms with Gasteiger partial charge in [-0.3, -0.25) is 4.79 Å². The van der Waals surface area contributed by atoms with Gasteiger partial charge in [0.1, 0.15) is 9.88 Å². The van der Waals surface area contributed by atoms with Crippen LogP contribution < -0.4 is 10.1 Å². The zero-order valence-electron chi connectivity index (χ0n) is 11.2. The molecule has 1 aromatic carbocycles. The first kappa shape index (κ1) is 13.5. The quantitative estimate of drug-likeness (QED) is 0.850. The Morgan fingerprint density at radius 3 is 2.89 bits per heavy atom. The van der Waals surface area contributed by atoms with E-state index in [0.717, 1.165) is 16.3 Å². The molecule has 0 atom stereocenters. The van der Waals surface area contributed by atoms with Crippen LogP contribution in [0.4, 0.5) is 5.69 Å². The van der Waals surface area contributed by atoms with Crippen molar-refractivity contribution in [1.29, 1.82) is 0 Å². The van der Waals surface area contributed by atoms with Gasteiger partial charge in [0.25, 0.3) is 0 Å². The molecule has 100 valence electrons. The fourth-order valence-corrected chi connectivity index (χ4v) is 2.75. The number of hydrogen-bond acceptors (Lipinski definition) is 5. The Balaban J connectivity index is 2.45. The SMILES string of the molecule is CCC(=O)c1sc(-c2cccc(NC)c2)nc1OC. The molecule has 1 N–H and O–H groups in total. The molecule has 4 nitrogen and oxygen atoms in total. The van der Waals surface area contributed by atoms with Crippen LogP contribution in [0.5, 0.6) is 5.88 Å². The minimum absolute atomic E-state index is 0.0605. The van der Waals surface area contributed by atoms with Crippen LogP contribution in [-0.2, 0) is 0 Å². The molecule has 0 unspecified atom stereocenters. The lowest BCUT2D eigenvalue weighted by Crippen LogP contribution is -1.96. The van der Waals surface area contributed by atoms with Crippen molar-refractivity contribution in [3.8, 4) is 16.5 Å². The molecule has 0 aliphatic carbocycles. The van der Waals surface area contributed by atoms with Gasteiger partial charge < -0.3 is 10.1 Å². The summed E-state index contributed by atoms with van der Waals surface area (Å²) in [7, 11) is 3.41. The van der Waals surface area contributed by atoms with Gasteiger partial charge in [0.2, 0.25) is 5.88 Å². The third-order valence-corrected chi connectivity index (χ3v) is 3.89. The highest BCUT2D eigenvalue weighted by atomic mass is 32.1. The second-order valence-electron chi connectivity index (χ2n) is 3.96. The molecule has 2 rings (SSSR count). The monoisotopic (exact) mass is 276 g/mol. The van der Waals surface area contributed by atoms with E-state index in [1.165, 1.54) is 18.4 Å². The fourth-order valence-electron chi connectivity index (χ4n) is 1.71. The molecule has 0 spiro atoms.